The first-order valence-electron chi connectivity index (χ1n) is 11.3. The smallest absolute Gasteiger partial charge is 0.321 e. The SMILES string of the molecule is Cc1nc(COc2ccccc2/C=C/C(=O)NCc2cccc(NC(=O)N3CCCC3)c2)cs1. The number of para-hydroxylation sites is 1. The molecule has 0 atom stereocenters. The maximum Gasteiger partial charge on any atom is 0.321 e. The number of carbonyl (C=O) groups is 2. The standard InChI is InChI=1S/C26H28N4O3S/c1-19-28-23(18-34-19)17-33-24-10-3-2-8-21(24)11-12-25(31)27-16-20-7-6-9-22(15-20)29-26(32)30-13-4-5-14-30/h2-3,6-12,15,18H,4-5,13-14,16-17H2,1H3,(H,27,31)(H,29,32)/b12-11+. The van der Waals surface area contributed by atoms with E-state index in [0.29, 0.717) is 18.9 Å². The highest BCUT2D eigenvalue weighted by atomic mass is 32.1. The minimum absolute atomic E-state index is 0.0765. The number of aromatic nitrogens is 1. The summed E-state index contributed by atoms with van der Waals surface area (Å²) in [5.41, 5.74) is 3.33. The summed E-state index contributed by atoms with van der Waals surface area (Å²) in [7, 11) is 0. The number of amides is 3. The number of anilines is 1. The van der Waals surface area contributed by atoms with Gasteiger partial charge in [0.25, 0.3) is 0 Å². The van der Waals surface area contributed by atoms with Crippen molar-refractivity contribution in [1.29, 1.82) is 0 Å². The number of carbonyl (C=O) groups excluding carboxylic acids is 2. The number of likely N-dealkylation sites (tertiary alicyclic amines) is 1. The Hall–Kier alpha value is -3.65. The van der Waals surface area contributed by atoms with Crippen LogP contribution >= 0.6 is 11.3 Å². The van der Waals surface area contributed by atoms with Gasteiger partial charge in [0.1, 0.15) is 12.4 Å². The van der Waals surface area contributed by atoms with Gasteiger partial charge in [-0.1, -0.05) is 30.3 Å². The van der Waals surface area contributed by atoms with Crippen LogP contribution < -0.4 is 15.4 Å². The summed E-state index contributed by atoms with van der Waals surface area (Å²) in [6.07, 6.45) is 5.34. The molecule has 7 nitrogen and oxygen atoms in total. The largest absolute Gasteiger partial charge is 0.487 e. The van der Waals surface area contributed by atoms with Crippen molar-refractivity contribution < 1.29 is 14.3 Å². The van der Waals surface area contributed by atoms with E-state index in [1.54, 1.807) is 17.4 Å². The Kier molecular flexibility index (Phi) is 7.93. The minimum Gasteiger partial charge on any atom is -0.487 e. The average molecular weight is 477 g/mol. The van der Waals surface area contributed by atoms with E-state index in [2.05, 4.69) is 15.6 Å². The predicted octanol–water partition coefficient (Wildman–Crippen LogP) is 4.99. The number of aryl methyl sites for hydroxylation is 1. The molecule has 1 aliphatic rings. The second kappa shape index (κ2) is 11.5. The fourth-order valence-corrected chi connectivity index (χ4v) is 4.27. The van der Waals surface area contributed by atoms with Crippen molar-refractivity contribution in [2.24, 2.45) is 0 Å². The molecule has 0 spiro atoms. The van der Waals surface area contributed by atoms with E-state index in [-0.39, 0.29) is 11.9 Å². The van der Waals surface area contributed by atoms with Crippen LogP contribution in [0.3, 0.4) is 0 Å². The lowest BCUT2D eigenvalue weighted by Gasteiger charge is -2.16. The van der Waals surface area contributed by atoms with E-state index in [0.717, 1.165) is 53.4 Å². The van der Waals surface area contributed by atoms with Crippen molar-refractivity contribution >= 4 is 35.0 Å². The topological polar surface area (TPSA) is 83.6 Å². The highest BCUT2D eigenvalue weighted by Crippen LogP contribution is 2.21. The van der Waals surface area contributed by atoms with Gasteiger partial charge in [0, 0.05) is 42.3 Å². The third-order valence-corrected chi connectivity index (χ3v) is 6.24. The fraction of sp³-hybridized carbons (Fsp3) is 0.269. The van der Waals surface area contributed by atoms with E-state index in [9.17, 15) is 9.59 Å². The molecule has 1 fully saturated rings. The van der Waals surface area contributed by atoms with Crippen molar-refractivity contribution in [1.82, 2.24) is 15.2 Å². The number of nitrogens with one attached hydrogen (secondary N) is 2. The van der Waals surface area contributed by atoms with Crippen molar-refractivity contribution in [3.05, 3.63) is 81.8 Å². The van der Waals surface area contributed by atoms with Gasteiger partial charge in [0.05, 0.1) is 10.7 Å². The summed E-state index contributed by atoms with van der Waals surface area (Å²) < 4.78 is 5.90. The summed E-state index contributed by atoms with van der Waals surface area (Å²) in [6, 6.07) is 15.0. The molecule has 2 heterocycles. The van der Waals surface area contributed by atoms with Gasteiger partial charge in [-0.2, -0.15) is 0 Å². The number of ether oxygens (including phenoxy) is 1. The van der Waals surface area contributed by atoms with Crippen LogP contribution in [0.15, 0.2) is 60.0 Å². The first-order chi connectivity index (χ1) is 16.6. The van der Waals surface area contributed by atoms with Crippen LogP contribution in [0.5, 0.6) is 5.75 Å². The molecule has 1 saturated heterocycles. The van der Waals surface area contributed by atoms with Gasteiger partial charge in [0.15, 0.2) is 0 Å². The molecule has 0 aliphatic carbocycles. The molecule has 2 N–H and O–H groups in total. The number of rotatable bonds is 8. The van der Waals surface area contributed by atoms with Gasteiger partial charge >= 0.3 is 6.03 Å². The summed E-state index contributed by atoms with van der Waals surface area (Å²) in [4.78, 5) is 30.9. The maximum absolute atomic E-state index is 12.4. The normalized spacial score (nSPS) is 13.3. The van der Waals surface area contributed by atoms with Gasteiger partial charge in [-0.25, -0.2) is 9.78 Å². The average Bonchev–Trinajstić information content (AvgIpc) is 3.53. The third-order valence-electron chi connectivity index (χ3n) is 5.41. The van der Waals surface area contributed by atoms with Crippen molar-refractivity contribution in [2.75, 3.05) is 18.4 Å². The van der Waals surface area contributed by atoms with Crippen LogP contribution in [0.1, 0.15) is 34.7 Å². The summed E-state index contributed by atoms with van der Waals surface area (Å²) >= 11 is 1.59. The molecule has 1 aliphatic heterocycles. The first-order valence-corrected chi connectivity index (χ1v) is 12.2. The van der Waals surface area contributed by atoms with Crippen molar-refractivity contribution in [3.63, 3.8) is 0 Å². The monoisotopic (exact) mass is 476 g/mol. The molecule has 3 amide bonds. The van der Waals surface area contributed by atoms with E-state index in [1.807, 2.05) is 65.7 Å². The predicted molar refractivity (Wildman–Crippen MR) is 135 cm³/mol. The fourth-order valence-electron chi connectivity index (χ4n) is 3.67. The number of urea groups is 1. The quantitative estimate of drug-likeness (QED) is 0.449. The highest BCUT2D eigenvalue weighted by molar-refractivity contribution is 7.09. The molecule has 2 aromatic carbocycles. The Labute approximate surface area is 203 Å². The molecular weight excluding hydrogens is 448 g/mol. The van der Waals surface area contributed by atoms with Crippen LogP contribution in [0.4, 0.5) is 10.5 Å². The maximum atomic E-state index is 12.4. The van der Waals surface area contributed by atoms with Gasteiger partial charge in [-0.3, -0.25) is 4.79 Å². The van der Waals surface area contributed by atoms with Crippen molar-refractivity contribution in [2.45, 2.75) is 32.9 Å². The van der Waals surface area contributed by atoms with Gasteiger partial charge < -0.3 is 20.3 Å². The second-order valence-electron chi connectivity index (χ2n) is 8.06. The van der Waals surface area contributed by atoms with Gasteiger partial charge in [-0.05, 0) is 49.6 Å². The van der Waals surface area contributed by atoms with E-state index >= 15 is 0 Å². The van der Waals surface area contributed by atoms with Gasteiger partial charge in [-0.15, -0.1) is 11.3 Å². The molecule has 8 heteroatoms. The van der Waals surface area contributed by atoms with Gasteiger partial charge in [0.2, 0.25) is 5.91 Å². The number of hydrogen-bond acceptors (Lipinski definition) is 5. The molecule has 3 aromatic rings. The van der Waals surface area contributed by atoms with E-state index in [1.165, 1.54) is 6.08 Å². The minimum atomic E-state index is -0.212. The Morgan fingerprint density at radius 2 is 1.97 bits per heavy atom. The molecular formula is C26H28N4O3S. The lowest BCUT2D eigenvalue weighted by molar-refractivity contribution is -0.116. The number of benzene rings is 2. The lowest BCUT2D eigenvalue weighted by Crippen LogP contribution is -2.32. The summed E-state index contributed by atoms with van der Waals surface area (Å²) in [5, 5.41) is 8.80. The zero-order valence-electron chi connectivity index (χ0n) is 19.1. The molecule has 34 heavy (non-hydrogen) atoms. The number of nitrogens with zero attached hydrogens (tertiary/aromatic N) is 2. The van der Waals surface area contributed by atoms with Crippen molar-refractivity contribution in [3.8, 4) is 5.75 Å². The highest BCUT2D eigenvalue weighted by Gasteiger charge is 2.17. The third kappa shape index (κ3) is 6.68. The Bertz CT molecular complexity index is 1170. The van der Waals surface area contributed by atoms with Crippen LogP contribution in [0.2, 0.25) is 0 Å². The van der Waals surface area contributed by atoms with Crippen LogP contribution in [-0.4, -0.2) is 34.9 Å². The Morgan fingerprint density at radius 1 is 1.15 bits per heavy atom. The second-order valence-corrected chi connectivity index (χ2v) is 9.12. The number of hydrogen-bond donors (Lipinski definition) is 2. The number of thiazole rings is 1. The molecule has 0 radical (unpaired) electrons. The van der Waals surface area contributed by atoms with Crippen LogP contribution in [-0.2, 0) is 17.9 Å². The van der Waals surface area contributed by atoms with Crippen LogP contribution in [0, 0.1) is 6.92 Å². The molecule has 0 saturated carbocycles. The zero-order valence-corrected chi connectivity index (χ0v) is 19.9. The molecule has 1 aromatic heterocycles. The zero-order chi connectivity index (χ0) is 23.8. The lowest BCUT2D eigenvalue weighted by atomic mass is 10.2. The van der Waals surface area contributed by atoms with E-state index < -0.39 is 0 Å². The molecule has 4 rings (SSSR count). The molecule has 0 bridgehead atoms. The molecule has 176 valence electrons. The summed E-state index contributed by atoms with van der Waals surface area (Å²) in [5.74, 6) is 0.482. The Morgan fingerprint density at radius 3 is 2.76 bits per heavy atom. The molecule has 0 unspecified atom stereocenters. The summed E-state index contributed by atoms with van der Waals surface area (Å²) in [6.45, 7) is 4.30. The van der Waals surface area contributed by atoms with Crippen LogP contribution in [0.25, 0.3) is 6.08 Å². The van der Waals surface area contributed by atoms with E-state index in [4.69, 9.17) is 4.74 Å². The Balaban J connectivity index is 1.29. The first kappa shape index (κ1) is 23.5.